The van der Waals surface area contributed by atoms with Gasteiger partial charge in [-0.3, -0.25) is 9.78 Å². The lowest BCUT2D eigenvalue weighted by molar-refractivity contribution is -0.117. The number of fused-ring (bicyclic) bond motifs is 1. The van der Waals surface area contributed by atoms with Crippen molar-refractivity contribution in [1.82, 2.24) is 15.0 Å². The number of aliphatic hydroxyl groups is 1. The Balaban J connectivity index is 0.000000755. The van der Waals surface area contributed by atoms with Crippen LogP contribution in [-0.4, -0.2) is 32.6 Å². The molecule has 0 aromatic carbocycles. The van der Waals surface area contributed by atoms with Gasteiger partial charge in [-0.25, -0.2) is 9.97 Å². The average molecular weight is 390 g/mol. The SMILES string of the molecule is CC#N.Nc1nc(-c2cnccc2CCO)cc2cc(NC(=O)C3CC3)ncc12. The molecule has 8 nitrogen and oxygen atoms in total. The maximum Gasteiger partial charge on any atom is 0.228 e. The number of carbonyl (C=O) groups excluding carboxylic acids is 1. The summed E-state index contributed by atoms with van der Waals surface area (Å²) in [6.07, 6.45) is 7.42. The first-order valence-electron chi connectivity index (χ1n) is 9.29. The molecule has 3 aromatic heterocycles. The third-order valence-corrected chi connectivity index (χ3v) is 4.51. The minimum atomic E-state index is 0.0107. The molecule has 0 atom stereocenters. The number of hydrogen-bond donors (Lipinski definition) is 3. The van der Waals surface area contributed by atoms with E-state index in [2.05, 4.69) is 20.3 Å². The van der Waals surface area contributed by atoms with Crippen molar-refractivity contribution >= 4 is 28.3 Å². The van der Waals surface area contributed by atoms with Gasteiger partial charge in [-0.15, -0.1) is 0 Å². The molecule has 1 aliphatic carbocycles. The fourth-order valence-electron chi connectivity index (χ4n) is 2.95. The van der Waals surface area contributed by atoms with E-state index >= 15 is 0 Å². The smallest absolute Gasteiger partial charge is 0.228 e. The fraction of sp³-hybridized carbons (Fsp3) is 0.286. The molecule has 0 bridgehead atoms. The Kier molecular flexibility index (Phi) is 6.32. The summed E-state index contributed by atoms with van der Waals surface area (Å²) in [4.78, 5) is 24.9. The normalized spacial score (nSPS) is 12.6. The highest BCUT2D eigenvalue weighted by atomic mass is 16.3. The van der Waals surface area contributed by atoms with Crippen LogP contribution in [-0.2, 0) is 11.2 Å². The number of hydrogen-bond acceptors (Lipinski definition) is 7. The lowest BCUT2D eigenvalue weighted by Gasteiger charge is -2.11. The van der Waals surface area contributed by atoms with E-state index in [0.717, 1.165) is 34.7 Å². The minimum Gasteiger partial charge on any atom is -0.396 e. The molecule has 3 aromatic rings. The number of aromatic nitrogens is 3. The van der Waals surface area contributed by atoms with Gasteiger partial charge >= 0.3 is 0 Å². The summed E-state index contributed by atoms with van der Waals surface area (Å²) in [6, 6.07) is 7.32. The summed E-state index contributed by atoms with van der Waals surface area (Å²) in [6.45, 7) is 1.47. The fourth-order valence-corrected chi connectivity index (χ4v) is 2.95. The molecule has 0 aliphatic heterocycles. The second kappa shape index (κ2) is 9.08. The van der Waals surface area contributed by atoms with Crippen molar-refractivity contribution in [3.05, 3.63) is 42.4 Å². The van der Waals surface area contributed by atoms with Crippen molar-refractivity contribution in [2.45, 2.75) is 26.2 Å². The summed E-state index contributed by atoms with van der Waals surface area (Å²) < 4.78 is 0. The molecule has 0 spiro atoms. The topological polar surface area (TPSA) is 138 Å². The Bertz CT molecular complexity index is 1070. The largest absolute Gasteiger partial charge is 0.396 e. The quantitative estimate of drug-likeness (QED) is 0.609. The van der Waals surface area contributed by atoms with Gasteiger partial charge in [-0.2, -0.15) is 5.26 Å². The van der Waals surface area contributed by atoms with Gasteiger partial charge < -0.3 is 16.2 Å². The Labute approximate surface area is 168 Å². The van der Waals surface area contributed by atoms with E-state index in [-0.39, 0.29) is 18.4 Å². The van der Waals surface area contributed by atoms with Crippen LogP contribution < -0.4 is 11.1 Å². The van der Waals surface area contributed by atoms with E-state index in [1.165, 1.54) is 6.92 Å². The molecular weight excluding hydrogens is 368 g/mol. The monoisotopic (exact) mass is 390 g/mol. The predicted octanol–water partition coefficient (Wildman–Crippen LogP) is 2.69. The van der Waals surface area contributed by atoms with Crippen LogP contribution >= 0.6 is 0 Å². The van der Waals surface area contributed by atoms with E-state index in [9.17, 15) is 9.90 Å². The van der Waals surface area contributed by atoms with Gasteiger partial charge in [0.25, 0.3) is 0 Å². The number of nitriles is 1. The second-order valence-electron chi connectivity index (χ2n) is 6.68. The van der Waals surface area contributed by atoms with Gasteiger partial charge in [0.1, 0.15) is 11.6 Å². The van der Waals surface area contributed by atoms with Crippen LogP contribution in [0.1, 0.15) is 25.3 Å². The lowest BCUT2D eigenvalue weighted by Crippen LogP contribution is -2.14. The van der Waals surface area contributed by atoms with Gasteiger partial charge in [0.05, 0.1) is 11.8 Å². The van der Waals surface area contributed by atoms with Crippen molar-refractivity contribution in [1.29, 1.82) is 5.26 Å². The van der Waals surface area contributed by atoms with Crippen molar-refractivity contribution in [2.75, 3.05) is 17.7 Å². The maximum atomic E-state index is 12.0. The number of amides is 1. The molecule has 29 heavy (non-hydrogen) atoms. The molecule has 1 saturated carbocycles. The van der Waals surface area contributed by atoms with E-state index in [0.29, 0.717) is 23.8 Å². The molecule has 0 unspecified atom stereocenters. The Morgan fingerprint density at radius 2 is 2.14 bits per heavy atom. The number of rotatable bonds is 5. The first-order chi connectivity index (χ1) is 14.1. The number of nitrogens with two attached hydrogens (primary N) is 1. The molecule has 4 rings (SSSR count). The third-order valence-electron chi connectivity index (χ3n) is 4.51. The third kappa shape index (κ3) is 4.83. The first kappa shape index (κ1) is 20.2. The Hall–Kier alpha value is -3.57. The lowest BCUT2D eigenvalue weighted by atomic mass is 10.0. The van der Waals surface area contributed by atoms with Gasteiger partial charge in [0.15, 0.2) is 0 Å². The summed E-state index contributed by atoms with van der Waals surface area (Å²) in [7, 11) is 0. The molecule has 0 radical (unpaired) electrons. The van der Waals surface area contributed by atoms with Crippen molar-refractivity contribution in [3.8, 4) is 17.3 Å². The molecule has 8 heteroatoms. The van der Waals surface area contributed by atoms with Gasteiger partial charge in [0, 0.05) is 49.0 Å². The number of nitrogens with zero attached hydrogens (tertiary/aromatic N) is 4. The summed E-state index contributed by atoms with van der Waals surface area (Å²) in [5.41, 5.74) is 8.58. The maximum absolute atomic E-state index is 12.0. The molecule has 1 fully saturated rings. The van der Waals surface area contributed by atoms with Crippen LogP contribution in [0.5, 0.6) is 0 Å². The number of carbonyl (C=O) groups is 1. The Morgan fingerprint density at radius 3 is 2.83 bits per heavy atom. The van der Waals surface area contributed by atoms with Crippen molar-refractivity contribution < 1.29 is 9.90 Å². The zero-order valence-corrected chi connectivity index (χ0v) is 16.1. The molecule has 1 aliphatic rings. The predicted molar refractivity (Wildman–Crippen MR) is 111 cm³/mol. The minimum absolute atomic E-state index is 0.0107. The van der Waals surface area contributed by atoms with Gasteiger partial charge in [-0.05, 0) is 48.4 Å². The van der Waals surface area contributed by atoms with Crippen LogP contribution in [0.25, 0.3) is 22.0 Å². The standard InChI is InChI=1S/C19H19N5O2.C2H3N/c20-18-15-10-22-17(24-19(26)12-1-2-12)8-13(15)7-16(23-18)14-9-21-5-3-11(14)4-6-25;1-2-3/h3,5,7-10,12,25H,1-2,4,6H2,(H2,20,23)(H,22,24,26);1H3. The molecule has 0 saturated heterocycles. The van der Waals surface area contributed by atoms with Crippen molar-refractivity contribution in [2.24, 2.45) is 5.92 Å². The summed E-state index contributed by atoms with van der Waals surface area (Å²) in [5.74, 6) is 0.996. The highest BCUT2D eigenvalue weighted by molar-refractivity contribution is 5.98. The molecule has 1 amide bonds. The zero-order valence-electron chi connectivity index (χ0n) is 16.1. The van der Waals surface area contributed by atoms with Crippen molar-refractivity contribution in [3.63, 3.8) is 0 Å². The van der Waals surface area contributed by atoms with Crippen LogP contribution in [0.15, 0.2) is 36.8 Å². The number of aliphatic hydroxyl groups excluding tert-OH is 1. The summed E-state index contributed by atoms with van der Waals surface area (Å²) in [5, 5.41) is 21.0. The van der Waals surface area contributed by atoms with Gasteiger partial charge in [-0.1, -0.05) is 0 Å². The van der Waals surface area contributed by atoms with E-state index < -0.39 is 0 Å². The first-order valence-corrected chi connectivity index (χ1v) is 9.29. The van der Waals surface area contributed by atoms with Crippen LogP contribution in [0, 0.1) is 17.2 Å². The van der Waals surface area contributed by atoms with Gasteiger partial charge in [0.2, 0.25) is 5.91 Å². The van der Waals surface area contributed by atoms with E-state index in [4.69, 9.17) is 11.0 Å². The highest BCUT2D eigenvalue weighted by Gasteiger charge is 2.29. The molecule has 148 valence electrons. The van der Waals surface area contributed by atoms with E-state index in [1.807, 2.05) is 12.1 Å². The second-order valence-corrected chi connectivity index (χ2v) is 6.68. The van der Waals surface area contributed by atoms with E-state index in [1.54, 1.807) is 30.7 Å². The Morgan fingerprint density at radius 1 is 1.38 bits per heavy atom. The number of anilines is 2. The molecule has 4 N–H and O–H groups in total. The molecule has 3 heterocycles. The summed E-state index contributed by atoms with van der Waals surface area (Å²) >= 11 is 0. The number of nitrogens with one attached hydrogen (secondary N) is 1. The zero-order chi connectivity index (χ0) is 20.8. The molecular formula is C21H22N6O2. The number of nitrogen functional groups attached to an aromatic ring is 1. The number of pyridine rings is 3. The van der Waals surface area contributed by atoms with Crippen LogP contribution in [0.4, 0.5) is 11.6 Å². The van der Waals surface area contributed by atoms with Crippen LogP contribution in [0.3, 0.4) is 0 Å². The van der Waals surface area contributed by atoms with Crippen LogP contribution in [0.2, 0.25) is 0 Å². The highest BCUT2D eigenvalue weighted by Crippen LogP contribution is 2.31. The average Bonchev–Trinajstić information content (AvgIpc) is 3.54.